The van der Waals surface area contributed by atoms with Crippen LogP contribution in [-0.2, 0) is 4.74 Å². The Labute approximate surface area is 127 Å². The summed E-state index contributed by atoms with van der Waals surface area (Å²) in [6, 6.07) is 0.561. The van der Waals surface area contributed by atoms with Gasteiger partial charge in [0.2, 0.25) is 0 Å². The number of thioether (sulfide) groups is 1. The number of nitrogens with zero attached hydrogens (tertiary/aromatic N) is 1. The number of nitrogens with one attached hydrogen (secondary N) is 1. The van der Waals surface area contributed by atoms with E-state index >= 15 is 0 Å². The molecule has 0 radical (unpaired) electrons. The molecule has 2 aliphatic rings. The lowest BCUT2D eigenvalue weighted by atomic mass is 10.1. The minimum atomic E-state index is 0.0557. The van der Waals surface area contributed by atoms with Gasteiger partial charge in [-0.1, -0.05) is 6.92 Å². The molecule has 1 heterocycles. The van der Waals surface area contributed by atoms with E-state index in [1.807, 2.05) is 30.6 Å². The van der Waals surface area contributed by atoms with Crippen LogP contribution in [-0.4, -0.2) is 53.8 Å². The molecule has 1 N–H and O–H groups in total. The Morgan fingerprint density at radius 2 is 2.25 bits per heavy atom. The minimum Gasteiger partial charge on any atom is -0.376 e. The number of hydrogen-bond donors (Lipinski definition) is 1. The molecule has 1 saturated carbocycles. The van der Waals surface area contributed by atoms with Gasteiger partial charge in [-0.2, -0.15) is 11.8 Å². The first-order valence-electron chi connectivity index (χ1n) is 7.88. The molecule has 2 fully saturated rings. The molecule has 2 amide bonds. The fourth-order valence-electron chi connectivity index (χ4n) is 3.21. The van der Waals surface area contributed by atoms with Gasteiger partial charge in [-0.15, -0.1) is 0 Å². The largest absolute Gasteiger partial charge is 0.376 e. The smallest absolute Gasteiger partial charge is 0.317 e. The molecule has 4 atom stereocenters. The predicted octanol–water partition coefficient (Wildman–Crippen LogP) is 2.87. The summed E-state index contributed by atoms with van der Waals surface area (Å²) < 4.78 is 5.63. The van der Waals surface area contributed by atoms with Gasteiger partial charge in [0.05, 0.1) is 12.1 Å². The van der Waals surface area contributed by atoms with Crippen LogP contribution in [0.2, 0.25) is 0 Å². The molecule has 5 heteroatoms. The van der Waals surface area contributed by atoms with E-state index in [0.717, 1.165) is 37.5 Å². The van der Waals surface area contributed by atoms with Crippen LogP contribution < -0.4 is 5.32 Å². The molecule has 1 aliphatic heterocycles. The van der Waals surface area contributed by atoms with Gasteiger partial charge in [0.15, 0.2) is 0 Å². The van der Waals surface area contributed by atoms with Gasteiger partial charge < -0.3 is 15.0 Å². The second-order valence-corrected chi connectivity index (χ2v) is 7.52. The first-order valence-corrected chi connectivity index (χ1v) is 8.93. The van der Waals surface area contributed by atoms with Gasteiger partial charge >= 0.3 is 6.03 Å². The van der Waals surface area contributed by atoms with E-state index in [1.54, 1.807) is 0 Å². The van der Waals surface area contributed by atoms with Crippen LogP contribution in [0, 0.1) is 0 Å². The third-order valence-electron chi connectivity index (χ3n) is 4.50. The van der Waals surface area contributed by atoms with Crippen LogP contribution >= 0.6 is 11.8 Å². The predicted molar refractivity (Wildman–Crippen MR) is 84.3 cm³/mol. The van der Waals surface area contributed by atoms with Crippen molar-refractivity contribution in [1.82, 2.24) is 10.2 Å². The Morgan fingerprint density at radius 1 is 1.45 bits per heavy atom. The Morgan fingerprint density at radius 3 is 2.90 bits per heavy atom. The monoisotopic (exact) mass is 300 g/mol. The number of urea groups is 1. The fourth-order valence-corrected chi connectivity index (χ4v) is 4.34. The van der Waals surface area contributed by atoms with Crippen LogP contribution in [0.5, 0.6) is 0 Å². The molecule has 1 aliphatic carbocycles. The zero-order chi connectivity index (χ0) is 14.5. The molecule has 0 aromatic carbocycles. The Kier molecular flexibility index (Phi) is 6.02. The van der Waals surface area contributed by atoms with Crippen LogP contribution in [0.15, 0.2) is 0 Å². The standard InChI is InChI=1S/C15H28N2O2S/c1-4-20-13-8-7-12(10-13)17(3)15(18)16-11(2)14-6-5-9-19-14/h11-14H,4-10H2,1-3H3,(H,16,18)/t11-,12+,13-,14-/m1/s1. The second kappa shape index (κ2) is 7.55. The van der Waals surface area contributed by atoms with Gasteiger partial charge in [-0.05, 0) is 44.8 Å². The normalized spacial score (nSPS) is 31.2. The number of carbonyl (C=O) groups excluding carboxylic acids is 1. The third-order valence-corrected chi connectivity index (χ3v) is 5.73. The highest BCUT2D eigenvalue weighted by Gasteiger charge is 2.31. The quantitative estimate of drug-likeness (QED) is 0.849. The highest BCUT2D eigenvalue weighted by Crippen LogP contribution is 2.32. The van der Waals surface area contributed by atoms with Crippen LogP contribution in [0.1, 0.15) is 46.0 Å². The zero-order valence-corrected chi connectivity index (χ0v) is 13.7. The number of rotatable bonds is 5. The van der Waals surface area contributed by atoms with Gasteiger partial charge in [-0.25, -0.2) is 4.79 Å². The van der Waals surface area contributed by atoms with Crippen molar-refractivity contribution in [3.05, 3.63) is 0 Å². The van der Waals surface area contributed by atoms with Gasteiger partial charge in [0, 0.05) is 24.9 Å². The SMILES string of the molecule is CCS[C@@H]1CC[C@H](N(C)C(=O)N[C@H](C)[C@H]2CCCO2)C1. The van der Waals surface area contributed by atoms with Crippen LogP contribution in [0.3, 0.4) is 0 Å². The molecule has 0 unspecified atom stereocenters. The zero-order valence-electron chi connectivity index (χ0n) is 12.9. The maximum atomic E-state index is 12.3. The first-order chi connectivity index (χ1) is 9.61. The fraction of sp³-hybridized carbons (Fsp3) is 0.933. The van der Waals surface area contributed by atoms with Crippen molar-refractivity contribution in [2.75, 3.05) is 19.4 Å². The van der Waals surface area contributed by atoms with Gasteiger partial charge in [0.1, 0.15) is 0 Å². The Balaban J connectivity index is 1.77. The molecule has 0 aromatic heterocycles. The molecular weight excluding hydrogens is 272 g/mol. The topological polar surface area (TPSA) is 41.6 Å². The lowest BCUT2D eigenvalue weighted by molar-refractivity contribution is 0.0829. The summed E-state index contributed by atoms with van der Waals surface area (Å²) in [6.45, 7) is 5.09. The van der Waals surface area contributed by atoms with Crippen molar-refractivity contribution in [2.45, 2.75) is 69.4 Å². The maximum Gasteiger partial charge on any atom is 0.317 e. The molecule has 4 nitrogen and oxygen atoms in total. The first kappa shape index (κ1) is 16.0. The highest BCUT2D eigenvalue weighted by atomic mass is 32.2. The molecule has 2 rings (SSSR count). The average Bonchev–Trinajstić information content (AvgIpc) is 3.09. The number of ether oxygens (including phenoxy) is 1. The summed E-state index contributed by atoms with van der Waals surface area (Å²) in [7, 11) is 1.93. The van der Waals surface area contributed by atoms with Crippen LogP contribution in [0.4, 0.5) is 4.79 Å². The third kappa shape index (κ3) is 4.04. The molecule has 20 heavy (non-hydrogen) atoms. The number of amides is 2. The second-order valence-electron chi connectivity index (χ2n) is 5.94. The summed E-state index contributed by atoms with van der Waals surface area (Å²) in [5.41, 5.74) is 0. The van der Waals surface area contributed by atoms with E-state index in [-0.39, 0.29) is 18.2 Å². The van der Waals surface area contributed by atoms with E-state index < -0.39 is 0 Å². The van der Waals surface area contributed by atoms with Gasteiger partial charge in [-0.3, -0.25) is 0 Å². The summed E-state index contributed by atoms with van der Waals surface area (Å²) in [6.07, 6.45) is 5.87. The summed E-state index contributed by atoms with van der Waals surface area (Å²) in [4.78, 5) is 14.2. The van der Waals surface area contributed by atoms with E-state index in [2.05, 4.69) is 12.2 Å². The maximum absolute atomic E-state index is 12.3. The Hall–Kier alpha value is -0.420. The van der Waals surface area contributed by atoms with E-state index in [4.69, 9.17) is 4.74 Å². The molecule has 0 aromatic rings. The number of carbonyl (C=O) groups is 1. The van der Waals surface area contributed by atoms with Crippen molar-refractivity contribution in [2.24, 2.45) is 0 Å². The van der Waals surface area contributed by atoms with Crippen molar-refractivity contribution in [3.8, 4) is 0 Å². The highest BCUT2D eigenvalue weighted by molar-refractivity contribution is 7.99. The van der Waals surface area contributed by atoms with E-state index in [9.17, 15) is 4.79 Å². The van der Waals surface area contributed by atoms with Gasteiger partial charge in [0.25, 0.3) is 0 Å². The average molecular weight is 300 g/mol. The molecular formula is C15H28N2O2S. The van der Waals surface area contributed by atoms with Crippen molar-refractivity contribution >= 4 is 17.8 Å². The van der Waals surface area contributed by atoms with Crippen molar-refractivity contribution < 1.29 is 9.53 Å². The van der Waals surface area contributed by atoms with Crippen molar-refractivity contribution in [3.63, 3.8) is 0 Å². The summed E-state index contributed by atoms with van der Waals surface area (Å²) in [5, 5.41) is 3.83. The van der Waals surface area contributed by atoms with Crippen molar-refractivity contribution in [1.29, 1.82) is 0 Å². The molecule has 116 valence electrons. The van der Waals surface area contributed by atoms with E-state index in [0.29, 0.717) is 6.04 Å². The van der Waals surface area contributed by atoms with Crippen LogP contribution in [0.25, 0.3) is 0 Å². The van der Waals surface area contributed by atoms with E-state index in [1.165, 1.54) is 12.2 Å². The molecule has 0 bridgehead atoms. The molecule has 1 saturated heterocycles. The molecule has 0 spiro atoms. The minimum absolute atomic E-state index is 0.0557. The lowest BCUT2D eigenvalue weighted by Crippen LogP contribution is -2.49. The summed E-state index contributed by atoms with van der Waals surface area (Å²) in [5.74, 6) is 1.17. The number of hydrogen-bond acceptors (Lipinski definition) is 3. The lowest BCUT2D eigenvalue weighted by Gasteiger charge is -2.28. The Bertz CT molecular complexity index is 321. The summed E-state index contributed by atoms with van der Waals surface area (Å²) >= 11 is 2.03.